The first-order valence-corrected chi connectivity index (χ1v) is 9.03. The number of benzene rings is 1. The minimum atomic E-state index is -0.666. The van der Waals surface area contributed by atoms with Crippen LogP contribution in [0.5, 0.6) is 0 Å². The molecular formula is C20H22N4O2. The normalized spacial score (nSPS) is 20.2. The van der Waals surface area contributed by atoms with Gasteiger partial charge in [-0.25, -0.2) is 4.98 Å². The van der Waals surface area contributed by atoms with Crippen LogP contribution in [0.15, 0.2) is 55.1 Å². The van der Waals surface area contributed by atoms with E-state index in [2.05, 4.69) is 38.9 Å². The van der Waals surface area contributed by atoms with Crippen LogP contribution in [0, 0.1) is 5.92 Å². The Balaban J connectivity index is 1.54. The van der Waals surface area contributed by atoms with Gasteiger partial charge in [0.25, 0.3) is 0 Å². The molecule has 1 aromatic carbocycles. The summed E-state index contributed by atoms with van der Waals surface area (Å²) in [5.74, 6) is 0.0855. The summed E-state index contributed by atoms with van der Waals surface area (Å²) in [6.07, 6.45) is 10.8. The van der Waals surface area contributed by atoms with E-state index in [9.17, 15) is 9.90 Å². The van der Waals surface area contributed by atoms with Crippen molar-refractivity contribution in [3.05, 3.63) is 60.7 Å². The van der Waals surface area contributed by atoms with Crippen molar-refractivity contribution in [2.24, 2.45) is 5.92 Å². The van der Waals surface area contributed by atoms with Gasteiger partial charge in [0.2, 0.25) is 0 Å². The Morgan fingerprint density at radius 2 is 1.96 bits per heavy atom. The lowest BCUT2D eigenvalue weighted by Gasteiger charge is -2.28. The smallest absolute Gasteiger partial charge is 0.306 e. The maximum Gasteiger partial charge on any atom is 0.306 e. The lowest BCUT2D eigenvalue weighted by molar-refractivity contribution is -0.143. The van der Waals surface area contributed by atoms with Crippen LogP contribution in [0.2, 0.25) is 0 Å². The fourth-order valence-electron chi connectivity index (χ4n) is 3.82. The highest BCUT2D eigenvalue weighted by Gasteiger charge is 2.27. The Morgan fingerprint density at radius 1 is 1.12 bits per heavy atom. The minimum absolute atomic E-state index is 0.198. The summed E-state index contributed by atoms with van der Waals surface area (Å²) in [6, 6.07) is 10.6. The Morgan fingerprint density at radius 3 is 2.69 bits per heavy atom. The molecule has 1 aliphatic carbocycles. The van der Waals surface area contributed by atoms with Gasteiger partial charge in [-0.15, -0.1) is 0 Å². The number of aromatic nitrogens is 4. The summed E-state index contributed by atoms with van der Waals surface area (Å²) < 4.78 is 4.11. The molecule has 3 aromatic rings. The highest BCUT2D eigenvalue weighted by atomic mass is 16.4. The Hall–Kier alpha value is -2.89. The predicted molar refractivity (Wildman–Crippen MR) is 97.6 cm³/mol. The van der Waals surface area contributed by atoms with Crippen LogP contribution >= 0.6 is 0 Å². The first-order chi connectivity index (χ1) is 12.7. The minimum Gasteiger partial charge on any atom is -0.481 e. The number of carbonyl (C=O) groups is 1. The third-order valence-electron chi connectivity index (χ3n) is 5.20. The molecule has 2 heterocycles. The zero-order valence-electron chi connectivity index (χ0n) is 14.5. The van der Waals surface area contributed by atoms with Gasteiger partial charge in [0.05, 0.1) is 12.5 Å². The predicted octanol–water partition coefficient (Wildman–Crippen LogP) is 3.61. The van der Waals surface area contributed by atoms with E-state index in [0.29, 0.717) is 6.04 Å². The largest absolute Gasteiger partial charge is 0.481 e. The lowest BCUT2D eigenvalue weighted by Crippen LogP contribution is -2.23. The van der Waals surface area contributed by atoms with E-state index in [1.807, 2.05) is 29.3 Å². The average molecular weight is 350 g/mol. The Bertz CT molecular complexity index is 877. The lowest BCUT2D eigenvalue weighted by atomic mass is 9.86. The van der Waals surface area contributed by atoms with Gasteiger partial charge in [-0.3, -0.25) is 9.48 Å². The molecule has 1 fully saturated rings. The molecule has 26 heavy (non-hydrogen) atoms. The number of aliphatic carboxylic acids is 1. The average Bonchev–Trinajstić information content (AvgIpc) is 3.34. The van der Waals surface area contributed by atoms with Crippen LogP contribution in [0.4, 0.5) is 0 Å². The number of carboxylic acids is 1. The van der Waals surface area contributed by atoms with Crippen molar-refractivity contribution in [3.63, 3.8) is 0 Å². The van der Waals surface area contributed by atoms with Crippen molar-refractivity contribution < 1.29 is 9.90 Å². The summed E-state index contributed by atoms with van der Waals surface area (Å²) in [5.41, 5.74) is 2.26. The number of hydrogen-bond donors (Lipinski definition) is 1. The molecule has 2 aromatic heterocycles. The van der Waals surface area contributed by atoms with Gasteiger partial charge < -0.3 is 9.67 Å². The van der Waals surface area contributed by atoms with Gasteiger partial charge in [-0.2, -0.15) is 5.10 Å². The van der Waals surface area contributed by atoms with Crippen molar-refractivity contribution in [2.75, 3.05) is 0 Å². The fraction of sp³-hybridized carbons (Fsp3) is 0.350. The van der Waals surface area contributed by atoms with Crippen molar-refractivity contribution in [3.8, 4) is 11.4 Å². The van der Waals surface area contributed by atoms with E-state index < -0.39 is 5.97 Å². The van der Waals surface area contributed by atoms with Crippen LogP contribution in [0.1, 0.15) is 37.3 Å². The molecule has 1 aliphatic rings. The third kappa shape index (κ3) is 3.40. The molecule has 6 heteroatoms. The standard InChI is InChI=1S/C20H22N4O2/c25-20(26)16-5-7-18(8-6-16)24-12-10-21-19(24)17-4-1-3-15(13-17)14-23-11-2-9-22-23/h1-4,9-13,16,18H,5-8,14H2,(H,25,26). The fourth-order valence-corrected chi connectivity index (χ4v) is 3.82. The molecule has 0 bridgehead atoms. The molecule has 134 valence electrons. The Kier molecular flexibility index (Phi) is 4.56. The number of rotatable bonds is 5. The molecule has 6 nitrogen and oxygen atoms in total. The first kappa shape index (κ1) is 16.6. The summed E-state index contributed by atoms with van der Waals surface area (Å²) in [7, 11) is 0. The monoisotopic (exact) mass is 350 g/mol. The highest BCUT2D eigenvalue weighted by molar-refractivity contribution is 5.70. The van der Waals surface area contributed by atoms with Crippen molar-refractivity contribution >= 4 is 5.97 Å². The summed E-state index contributed by atoms with van der Waals surface area (Å²) in [5, 5.41) is 13.5. The molecule has 0 amide bonds. The Labute approximate surface area is 152 Å². The molecule has 0 saturated heterocycles. The molecule has 0 unspecified atom stereocenters. The molecular weight excluding hydrogens is 328 g/mol. The van der Waals surface area contributed by atoms with Crippen LogP contribution < -0.4 is 0 Å². The molecule has 0 radical (unpaired) electrons. The van der Waals surface area contributed by atoms with Crippen LogP contribution in [-0.2, 0) is 11.3 Å². The van der Waals surface area contributed by atoms with Gasteiger partial charge >= 0.3 is 5.97 Å². The molecule has 0 aliphatic heterocycles. The third-order valence-corrected chi connectivity index (χ3v) is 5.20. The molecule has 0 atom stereocenters. The number of nitrogens with zero attached hydrogens (tertiary/aromatic N) is 4. The maximum absolute atomic E-state index is 11.2. The number of imidazole rings is 1. The summed E-state index contributed by atoms with van der Waals surface area (Å²) >= 11 is 0. The van der Waals surface area contributed by atoms with Gasteiger partial charge in [-0.1, -0.05) is 18.2 Å². The zero-order valence-corrected chi connectivity index (χ0v) is 14.5. The number of hydrogen-bond acceptors (Lipinski definition) is 3. The van der Waals surface area contributed by atoms with E-state index in [4.69, 9.17) is 0 Å². The second-order valence-electron chi connectivity index (χ2n) is 6.91. The van der Waals surface area contributed by atoms with Crippen molar-refractivity contribution in [1.82, 2.24) is 19.3 Å². The quantitative estimate of drug-likeness (QED) is 0.763. The molecule has 4 rings (SSSR count). The number of carboxylic acid groups (broad SMARTS) is 1. The molecule has 1 saturated carbocycles. The van der Waals surface area contributed by atoms with Gasteiger partial charge in [-0.05, 0) is 43.4 Å². The second-order valence-corrected chi connectivity index (χ2v) is 6.91. The van der Waals surface area contributed by atoms with Crippen LogP contribution in [0.3, 0.4) is 0 Å². The topological polar surface area (TPSA) is 72.9 Å². The van der Waals surface area contributed by atoms with Gasteiger partial charge in [0.15, 0.2) is 0 Å². The van der Waals surface area contributed by atoms with E-state index in [-0.39, 0.29) is 5.92 Å². The van der Waals surface area contributed by atoms with Crippen LogP contribution in [-0.4, -0.2) is 30.4 Å². The van der Waals surface area contributed by atoms with Crippen molar-refractivity contribution in [1.29, 1.82) is 0 Å². The van der Waals surface area contributed by atoms with E-state index >= 15 is 0 Å². The SMILES string of the molecule is O=C(O)C1CCC(n2ccnc2-c2cccc(Cn3cccn3)c2)CC1. The van der Waals surface area contributed by atoms with Gasteiger partial charge in [0.1, 0.15) is 5.82 Å². The van der Waals surface area contributed by atoms with E-state index in [0.717, 1.165) is 43.6 Å². The molecule has 1 N–H and O–H groups in total. The van der Waals surface area contributed by atoms with E-state index in [1.54, 1.807) is 6.20 Å². The maximum atomic E-state index is 11.2. The summed E-state index contributed by atoms with van der Waals surface area (Å²) in [6.45, 7) is 0.727. The molecule has 0 spiro atoms. The van der Waals surface area contributed by atoms with Crippen molar-refractivity contribution in [2.45, 2.75) is 38.3 Å². The summed E-state index contributed by atoms with van der Waals surface area (Å²) in [4.78, 5) is 15.8. The van der Waals surface area contributed by atoms with Crippen LogP contribution in [0.25, 0.3) is 11.4 Å². The van der Waals surface area contributed by atoms with Gasteiger partial charge in [0, 0.05) is 36.4 Å². The highest BCUT2D eigenvalue weighted by Crippen LogP contribution is 2.35. The first-order valence-electron chi connectivity index (χ1n) is 9.03. The second kappa shape index (κ2) is 7.15. The van der Waals surface area contributed by atoms with E-state index in [1.165, 1.54) is 5.56 Å². The zero-order chi connectivity index (χ0) is 17.9.